The molecule has 14 heteroatoms. The Labute approximate surface area is 336 Å². The number of halogens is 1. The number of amides is 1. The molecule has 1 atom stereocenters. The third-order valence-electron chi connectivity index (χ3n) is 10.0. The lowest BCUT2D eigenvalue weighted by atomic mass is 9.99. The highest BCUT2D eigenvalue weighted by molar-refractivity contribution is 7.90. The van der Waals surface area contributed by atoms with Crippen molar-refractivity contribution in [2.24, 2.45) is 0 Å². The van der Waals surface area contributed by atoms with Crippen molar-refractivity contribution >= 4 is 49.8 Å². The first kappa shape index (κ1) is 39.5. The van der Waals surface area contributed by atoms with Crippen molar-refractivity contribution in [2.75, 3.05) is 39.1 Å². The van der Waals surface area contributed by atoms with Gasteiger partial charge >= 0.3 is 0 Å². The zero-order chi connectivity index (χ0) is 40.1. The third-order valence-corrected chi connectivity index (χ3v) is 11.6. The van der Waals surface area contributed by atoms with Crippen LogP contribution in [0.2, 0.25) is 5.02 Å². The third kappa shape index (κ3) is 9.46. The van der Waals surface area contributed by atoms with Crippen molar-refractivity contribution in [2.45, 2.75) is 37.0 Å². The molecule has 2 heterocycles. The molecule has 6 aromatic rings. The van der Waals surface area contributed by atoms with Crippen molar-refractivity contribution in [1.29, 1.82) is 0 Å². The molecule has 5 aromatic carbocycles. The van der Waals surface area contributed by atoms with E-state index in [-0.39, 0.29) is 23.9 Å². The molecular weight excluding hydrogens is 764 g/mol. The highest BCUT2D eigenvalue weighted by atomic mass is 35.5. The first-order valence-corrected chi connectivity index (χ1v) is 20.4. The second kappa shape index (κ2) is 17.2. The van der Waals surface area contributed by atoms with Crippen molar-refractivity contribution in [3.63, 3.8) is 0 Å². The van der Waals surface area contributed by atoms with Crippen LogP contribution in [0.15, 0.2) is 126 Å². The van der Waals surface area contributed by atoms with E-state index in [1.165, 1.54) is 17.7 Å². The average molecular weight is 807 g/mol. The predicted octanol–water partition coefficient (Wildman–Crippen LogP) is 7.82. The van der Waals surface area contributed by atoms with E-state index in [0.29, 0.717) is 30.3 Å². The monoisotopic (exact) mass is 806 g/mol. The van der Waals surface area contributed by atoms with E-state index in [2.05, 4.69) is 31.6 Å². The van der Waals surface area contributed by atoms with Crippen molar-refractivity contribution in [3.8, 4) is 16.9 Å². The van der Waals surface area contributed by atoms with E-state index in [4.69, 9.17) is 16.3 Å². The fraction of sp³-hybridized carbons (Fsp3) is 0.233. The average Bonchev–Trinajstić information content (AvgIpc) is 3.56. The van der Waals surface area contributed by atoms with Crippen LogP contribution < -0.4 is 14.8 Å². The van der Waals surface area contributed by atoms with E-state index < -0.39 is 31.4 Å². The van der Waals surface area contributed by atoms with Crippen LogP contribution in [0, 0.1) is 10.1 Å². The maximum Gasteiger partial charge on any atom is 0.293 e. The van der Waals surface area contributed by atoms with E-state index >= 15 is 0 Å². The maximum absolute atomic E-state index is 13.5. The van der Waals surface area contributed by atoms with Gasteiger partial charge in [0.15, 0.2) is 0 Å². The molecule has 294 valence electrons. The molecule has 2 N–H and O–H groups in total. The molecule has 0 spiro atoms. The summed E-state index contributed by atoms with van der Waals surface area (Å²) in [6.45, 7) is 3.92. The Morgan fingerprint density at radius 3 is 2.44 bits per heavy atom. The summed E-state index contributed by atoms with van der Waals surface area (Å²) in [6, 6.07) is 35.8. The fourth-order valence-corrected chi connectivity index (χ4v) is 8.22. The van der Waals surface area contributed by atoms with E-state index in [1.807, 2.05) is 97.9 Å². The number of anilines is 1. The summed E-state index contributed by atoms with van der Waals surface area (Å²) in [6.07, 6.45) is 0.597. The van der Waals surface area contributed by atoms with Crippen molar-refractivity contribution in [1.82, 2.24) is 19.1 Å². The number of nitrogens with one attached hydrogen (secondary N) is 2. The number of carbonyl (C=O) groups is 1. The molecule has 7 rings (SSSR count). The van der Waals surface area contributed by atoms with Crippen LogP contribution in [0.5, 0.6) is 5.75 Å². The molecule has 12 nitrogen and oxygen atoms in total. The van der Waals surface area contributed by atoms with Gasteiger partial charge in [0.05, 0.1) is 15.9 Å². The number of sulfonamides is 1. The number of benzene rings is 5. The molecule has 0 saturated carbocycles. The molecule has 1 aliphatic rings. The zero-order valence-corrected chi connectivity index (χ0v) is 33.2. The topological polar surface area (TPSA) is 139 Å². The Morgan fingerprint density at radius 1 is 0.930 bits per heavy atom. The van der Waals surface area contributed by atoms with Gasteiger partial charge in [-0.2, -0.15) is 0 Å². The SMILES string of the molecule is CN(C)CCC(COc1ccccc1)Nc1ccc(S(=O)(=O)NC(=O)c2ccc3c(c2)cc2n3CCN(Cc3ccccc3-c3ccc(Cl)cc3)C2)cc1[N+](=O)[O-]. The second-order valence-corrected chi connectivity index (χ2v) is 16.5. The van der Waals surface area contributed by atoms with Crippen molar-refractivity contribution < 1.29 is 22.9 Å². The Bertz CT molecular complexity index is 2510. The molecule has 0 radical (unpaired) electrons. The number of aromatic nitrogens is 1. The number of hydrogen-bond acceptors (Lipinski definition) is 9. The van der Waals surface area contributed by atoms with E-state index in [1.54, 1.807) is 12.1 Å². The van der Waals surface area contributed by atoms with Crippen LogP contribution in [0.3, 0.4) is 0 Å². The minimum atomic E-state index is -4.48. The van der Waals surface area contributed by atoms with Gasteiger partial charge in [0, 0.05) is 59.4 Å². The molecule has 1 aromatic heterocycles. The number of rotatable bonds is 15. The number of carbonyl (C=O) groups excluding carboxylic acids is 1. The molecular formula is C43H43ClN6O6S. The number of nitro groups is 1. The lowest BCUT2D eigenvalue weighted by molar-refractivity contribution is -0.384. The highest BCUT2D eigenvalue weighted by Gasteiger charge is 2.26. The summed E-state index contributed by atoms with van der Waals surface area (Å²) in [7, 11) is -0.625. The summed E-state index contributed by atoms with van der Waals surface area (Å²) in [4.78, 5) is 28.9. The lowest BCUT2D eigenvalue weighted by Gasteiger charge is -2.29. The van der Waals surface area contributed by atoms with Gasteiger partial charge in [0.1, 0.15) is 18.0 Å². The fourth-order valence-electron chi connectivity index (χ4n) is 7.10. The van der Waals surface area contributed by atoms with Gasteiger partial charge in [-0.05, 0) is 104 Å². The maximum atomic E-state index is 13.5. The largest absolute Gasteiger partial charge is 0.491 e. The molecule has 0 aliphatic carbocycles. The molecule has 1 aliphatic heterocycles. The Kier molecular flexibility index (Phi) is 11.9. The smallest absolute Gasteiger partial charge is 0.293 e. The summed E-state index contributed by atoms with van der Waals surface area (Å²) in [5.74, 6) is -0.180. The molecule has 0 saturated heterocycles. The van der Waals surface area contributed by atoms with Crippen LogP contribution in [0.4, 0.5) is 11.4 Å². The minimum absolute atomic E-state index is 0.137. The summed E-state index contributed by atoms with van der Waals surface area (Å²) in [5, 5.41) is 16.9. The van der Waals surface area contributed by atoms with E-state index in [0.717, 1.165) is 53.4 Å². The molecule has 1 unspecified atom stereocenters. The summed E-state index contributed by atoms with van der Waals surface area (Å²) in [5.41, 5.74) is 5.34. The van der Waals surface area contributed by atoms with Gasteiger partial charge in [-0.1, -0.05) is 66.2 Å². The first-order chi connectivity index (χ1) is 27.4. The number of nitro benzene ring substituents is 1. The predicted molar refractivity (Wildman–Crippen MR) is 223 cm³/mol. The zero-order valence-electron chi connectivity index (χ0n) is 31.6. The van der Waals surface area contributed by atoms with Crippen LogP contribution in [0.1, 0.15) is 28.0 Å². The molecule has 0 bridgehead atoms. The number of hydrogen-bond donors (Lipinski definition) is 2. The van der Waals surface area contributed by atoms with Gasteiger partial charge in [-0.25, -0.2) is 13.1 Å². The van der Waals surface area contributed by atoms with Gasteiger partial charge in [-0.15, -0.1) is 0 Å². The van der Waals surface area contributed by atoms with Gasteiger partial charge in [0.2, 0.25) is 0 Å². The van der Waals surface area contributed by atoms with Crippen molar-refractivity contribution in [3.05, 3.63) is 153 Å². The summed E-state index contributed by atoms with van der Waals surface area (Å²) < 4.78 is 37.2. The van der Waals surface area contributed by atoms with Gasteiger partial charge in [0.25, 0.3) is 21.6 Å². The van der Waals surface area contributed by atoms with Gasteiger partial charge in [-0.3, -0.25) is 19.8 Å². The number of para-hydroxylation sites is 1. The van der Waals surface area contributed by atoms with Crippen LogP contribution in [0.25, 0.3) is 22.0 Å². The van der Waals surface area contributed by atoms with Gasteiger partial charge < -0.3 is 19.5 Å². The molecule has 57 heavy (non-hydrogen) atoms. The van der Waals surface area contributed by atoms with Crippen LogP contribution >= 0.6 is 11.6 Å². The van der Waals surface area contributed by atoms with Crippen LogP contribution in [-0.2, 0) is 29.7 Å². The number of ether oxygens (including phenoxy) is 1. The quantitative estimate of drug-likeness (QED) is 0.0786. The summed E-state index contributed by atoms with van der Waals surface area (Å²) >= 11 is 6.14. The normalized spacial score (nSPS) is 13.6. The molecule has 0 fully saturated rings. The lowest BCUT2D eigenvalue weighted by Crippen LogP contribution is -2.33. The van der Waals surface area contributed by atoms with Crippen LogP contribution in [-0.4, -0.2) is 73.4 Å². The number of nitrogens with zero attached hydrogens (tertiary/aromatic N) is 4. The second-order valence-electron chi connectivity index (χ2n) is 14.4. The molecule has 1 amide bonds. The Balaban J connectivity index is 1.04. The standard InChI is InChI=1S/C43H43ClN6O6S/c1-47(2)21-20-35(29-56-37-9-4-3-5-10-37)45-40-18-17-38(26-42(40)50(52)53)57(54,55)46-43(51)31-14-19-41-33(24-31)25-36-28-48(22-23-49(36)41)27-32-8-6-7-11-39(32)30-12-15-34(44)16-13-30/h3-19,24-26,35,45H,20-23,27-29H2,1-2H3,(H,46,51). The van der Waals surface area contributed by atoms with E-state index in [9.17, 15) is 23.3 Å². The number of fused-ring (bicyclic) bond motifs is 3. The minimum Gasteiger partial charge on any atom is -0.491 e. The Hall–Kier alpha value is -5.73. The Morgan fingerprint density at radius 2 is 1.68 bits per heavy atom. The highest BCUT2D eigenvalue weighted by Crippen LogP contribution is 2.31. The first-order valence-electron chi connectivity index (χ1n) is 18.6.